The molecule has 1 aliphatic carbocycles. The van der Waals surface area contributed by atoms with Gasteiger partial charge in [-0.1, -0.05) is 18.2 Å². The zero-order valence-electron chi connectivity index (χ0n) is 11.8. The summed E-state index contributed by atoms with van der Waals surface area (Å²) in [5.41, 5.74) is 1.46. The van der Waals surface area contributed by atoms with E-state index < -0.39 is 5.97 Å². The molecule has 1 saturated carbocycles. The summed E-state index contributed by atoms with van der Waals surface area (Å²) in [5.74, 6) is -0.548. The van der Waals surface area contributed by atoms with Crippen molar-refractivity contribution in [2.75, 3.05) is 5.32 Å². The highest BCUT2D eigenvalue weighted by Crippen LogP contribution is 2.54. The van der Waals surface area contributed by atoms with Crippen molar-refractivity contribution in [3.05, 3.63) is 42.1 Å². The molecule has 0 radical (unpaired) electrons. The Bertz CT molecular complexity index is 760. The Morgan fingerprint density at radius 2 is 2.05 bits per heavy atom. The number of amides is 1. The quantitative estimate of drug-likeness (QED) is 0.887. The van der Waals surface area contributed by atoms with E-state index in [0.29, 0.717) is 25.1 Å². The van der Waals surface area contributed by atoms with Gasteiger partial charge in [-0.15, -0.1) is 0 Å². The Balaban J connectivity index is 1.77. The summed E-state index contributed by atoms with van der Waals surface area (Å²) >= 11 is 0. The number of nitrogens with one attached hydrogen (secondary N) is 1. The number of rotatable bonds is 2. The number of carbonyl (C=O) groups excluding carboxylic acids is 1. The van der Waals surface area contributed by atoms with Gasteiger partial charge in [0, 0.05) is 17.4 Å². The van der Waals surface area contributed by atoms with Gasteiger partial charge in [-0.3, -0.25) is 9.59 Å². The van der Waals surface area contributed by atoms with Crippen LogP contribution in [-0.2, 0) is 15.0 Å². The second-order valence-electron chi connectivity index (χ2n) is 6.10. The zero-order valence-corrected chi connectivity index (χ0v) is 11.8. The van der Waals surface area contributed by atoms with Crippen LogP contribution in [0.4, 0.5) is 5.82 Å². The summed E-state index contributed by atoms with van der Waals surface area (Å²) in [6.07, 6.45) is 3.11. The van der Waals surface area contributed by atoms with Gasteiger partial charge < -0.3 is 10.4 Å². The number of aliphatic carboxylic acids is 1. The van der Waals surface area contributed by atoms with E-state index in [1.807, 2.05) is 30.3 Å². The standard InChI is InChI=1S/C16H15N3O3/c20-13-8-16(6-10(7-16)15(21)22)12-9-17-19(14(12)18-13)11-4-2-1-3-5-11/h1-5,9-10H,6-8H2,(H,18,20)(H,21,22). The van der Waals surface area contributed by atoms with Crippen LogP contribution in [0.3, 0.4) is 0 Å². The van der Waals surface area contributed by atoms with Gasteiger partial charge in [0.05, 0.1) is 17.8 Å². The number of benzene rings is 1. The number of aromatic nitrogens is 2. The smallest absolute Gasteiger partial charge is 0.306 e. The molecule has 0 atom stereocenters. The van der Waals surface area contributed by atoms with Crippen LogP contribution in [0.15, 0.2) is 36.5 Å². The molecule has 0 unspecified atom stereocenters. The van der Waals surface area contributed by atoms with Crippen LogP contribution in [0.1, 0.15) is 24.8 Å². The Kier molecular flexibility index (Phi) is 2.63. The Labute approximate surface area is 126 Å². The molecular formula is C16H15N3O3. The summed E-state index contributed by atoms with van der Waals surface area (Å²) < 4.78 is 1.71. The van der Waals surface area contributed by atoms with E-state index in [4.69, 9.17) is 5.11 Å². The second kappa shape index (κ2) is 4.43. The number of hydrogen-bond acceptors (Lipinski definition) is 3. The lowest BCUT2D eigenvalue weighted by Crippen LogP contribution is -2.49. The molecule has 2 N–H and O–H groups in total. The number of carboxylic acids is 1. The molecule has 2 heterocycles. The van der Waals surface area contributed by atoms with E-state index in [2.05, 4.69) is 10.4 Å². The predicted molar refractivity (Wildman–Crippen MR) is 78.8 cm³/mol. The van der Waals surface area contributed by atoms with Gasteiger partial charge >= 0.3 is 5.97 Å². The molecule has 0 bridgehead atoms. The fourth-order valence-electron chi connectivity index (χ4n) is 3.62. The maximum Gasteiger partial charge on any atom is 0.306 e. The number of hydrogen-bond donors (Lipinski definition) is 2. The summed E-state index contributed by atoms with van der Waals surface area (Å²) in [4.78, 5) is 23.2. The highest BCUT2D eigenvalue weighted by Gasteiger charge is 2.53. The lowest BCUT2D eigenvalue weighted by atomic mass is 9.56. The Hall–Kier alpha value is -2.63. The highest BCUT2D eigenvalue weighted by atomic mass is 16.4. The van der Waals surface area contributed by atoms with E-state index in [9.17, 15) is 9.59 Å². The van der Waals surface area contributed by atoms with Crippen molar-refractivity contribution >= 4 is 17.7 Å². The molecule has 22 heavy (non-hydrogen) atoms. The molecule has 112 valence electrons. The average Bonchev–Trinajstić information content (AvgIpc) is 2.88. The number of fused-ring (bicyclic) bond motifs is 2. The molecule has 1 aliphatic heterocycles. The number of anilines is 1. The van der Waals surface area contributed by atoms with Crippen LogP contribution >= 0.6 is 0 Å². The lowest BCUT2D eigenvalue weighted by molar-refractivity contribution is -0.148. The molecule has 1 aromatic heterocycles. The van der Waals surface area contributed by atoms with Gasteiger partial charge in [0.15, 0.2) is 0 Å². The van der Waals surface area contributed by atoms with E-state index in [1.165, 1.54) is 0 Å². The first-order valence-corrected chi connectivity index (χ1v) is 7.26. The van der Waals surface area contributed by atoms with Crippen LogP contribution in [-0.4, -0.2) is 26.8 Å². The molecule has 4 rings (SSSR count). The molecule has 1 amide bonds. The van der Waals surface area contributed by atoms with Crippen LogP contribution < -0.4 is 5.32 Å². The molecule has 1 spiro atoms. The van der Waals surface area contributed by atoms with Gasteiger partial charge in [0.1, 0.15) is 5.82 Å². The Morgan fingerprint density at radius 1 is 1.32 bits per heavy atom. The van der Waals surface area contributed by atoms with Crippen molar-refractivity contribution in [1.82, 2.24) is 9.78 Å². The molecule has 1 aromatic carbocycles. The van der Waals surface area contributed by atoms with Gasteiger partial charge in [0.2, 0.25) is 5.91 Å². The topological polar surface area (TPSA) is 84.2 Å². The maximum absolute atomic E-state index is 12.1. The summed E-state index contributed by atoms with van der Waals surface area (Å²) in [5, 5.41) is 16.4. The molecule has 2 aliphatic rings. The second-order valence-corrected chi connectivity index (χ2v) is 6.10. The van der Waals surface area contributed by atoms with Crippen molar-refractivity contribution < 1.29 is 14.7 Å². The van der Waals surface area contributed by atoms with Gasteiger partial charge in [-0.25, -0.2) is 4.68 Å². The van der Waals surface area contributed by atoms with Crippen LogP contribution in [0.2, 0.25) is 0 Å². The predicted octanol–water partition coefficient (Wildman–Crippen LogP) is 1.95. The molecule has 1 fully saturated rings. The molecule has 6 heteroatoms. The third-order valence-electron chi connectivity index (χ3n) is 4.72. The molecule has 2 aromatic rings. The Morgan fingerprint density at radius 3 is 2.73 bits per heavy atom. The fraction of sp³-hybridized carbons (Fsp3) is 0.312. The van der Waals surface area contributed by atoms with Crippen LogP contribution in [0.5, 0.6) is 0 Å². The monoisotopic (exact) mass is 297 g/mol. The summed E-state index contributed by atoms with van der Waals surface area (Å²) in [6.45, 7) is 0. The lowest BCUT2D eigenvalue weighted by Gasteiger charge is -2.47. The van der Waals surface area contributed by atoms with Gasteiger partial charge in [0.25, 0.3) is 0 Å². The first kappa shape index (κ1) is 13.1. The summed E-state index contributed by atoms with van der Waals surface area (Å²) in [7, 11) is 0. The van der Waals surface area contributed by atoms with E-state index in [1.54, 1.807) is 10.9 Å². The van der Waals surface area contributed by atoms with Crippen molar-refractivity contribution in [3.8, 4) is 5.69 Å². The van der Waals surface area contributed by atoms with Gasteiger partial charge in [-0.2, -0.15) is 5.10 Å². The normalized spacial score (nSPS) is 26.2. The largest absolute Gasteiger partial charge is 0.481 e. The SMILES string of the molecule is O=C1CC2(CC(C(=O)O)C2)c2cnn(-c3ccccc3)c2N1. The third kappa shape index (κ3) is 1.76. The minimum atomic E-state index is -0.784. The van der Waals surface area contributed by atoms with Crippen molar-refractivity contribution in [1.29, 1.82) is 0 Å². The van der Waals surface area contributed by atoms with Crippen molar-refractivity contribution in [2.45, 2.75) is 24.7 Å². The third-order valence-corrected chi connectivity index (χ3v) is 4.72. The average molecular weight is 297 g/mol. The molecule has 6 nitrogen and oxygen atoms in total. The van der Waals surface area contributed by atoms with E-state index >= 15 is 0 Å². The molecular weight excluding hydrogens is 282 g/mol. The van der Waals surface area contributed by atoms with E-state index in [0.717, 1.165) is 11.3 Å². The number of para-hydroxylation sites is 1. The van der Waals surface area contributed by atoms with Crippen LogP contribution in [0, 0.1) is 5.92 Å². The minimum Gasteiger partial charge on any atom is -0.481 e. The number of nitrogens with zero attached hydrogens (tertiary/aromatic N) is 2. The first-order valence-electron chi connectivity index (χ1n) is 7.26. The number of carbonyl (C=O) groups is 2. The van der Waals surface area contributed by atoms with Crippen molar-refractivity contribution in [3.63, 3.8) is 0 Å². The van der Waals surface area contributed by atoms with Gasteiger partial charge in [-0.05, 0) is 25.0 Å². The van der Waals surface area contributed by atoms with E-state index in [-0.39, 0.29) is 17.2 Å². The summed E-state index contributed by atoms with van der Waals surface area (Å²) in [6, 6.07) is 9.58. The van der Waals surface area contributed by atoms with Crippen molar-refractivity contribution in [2.24, 2.45) is 5.92 Å². The molecule has 0 saturated heterocycles. The first-order chi connectivity index (χ1) is 10.6. The highest BCUT2D eigenvalue weighted by molar-refractivity contribution is 5.95. The zero-order chi connectivity index (χ0) is 15.3. The number of carboxylic acid groups (broad SMARTS) is 1. The van der Waals surface area contributed by atoms with Crippen LogP contribution in [0.25, 0.3) is 5.69 Å². The fourth-order valence-corrected chi connectivity index (χ4v) is 3.62. The maximum atomic E-state index is 12.1. The minimum absolute atomic E-state index is 0.0750.